The van der Waals surface area contributed by atoms with Gasteiger partial charge in [-0.25, -0.2) is 9.97 Å². The maximum atomic E-state index is 11.8. The van der Waals surface area contributed by atoms with Crippen LogP contribution in [0.25, 0.3) is 0 Å². The molecule has 0 atom stereocenters. The Morgan fingerprint density at radius 3 is 2.72 bits per heavy atom. The summed E-state index contributed by atoms with van der Waals surface area (Å²) in [4.78, 5) is 19.5. The minimum atomic E-state index is -0.445. The van der Waals surface area contributed by atoms with E-state index in [0.29, 0.717) is 0 Å². The van der Waals surface area contributed by atoms with Crippen molar-refractivity contribution in [3.63, 3.8) is 0 Å². The van der Waals surface area contributed by atoms with E-state index < -0.39 is 5.91 Å². The number of nitrogens with zero attached hydrogens (tertiary/aromatic N) is 2. The summed E-state index contributed by atoms with van der Waals surface area (Å²) >= 11 is 11.4. The van der Waals surface area contributed by atoms with Gasteiger partial charge >= 0.3 is 0 Å². The van der Waals surface area contributed by atoms with Crippen molar-refractivity contribution in [3.8, 4) is 5.75 Å². The van der Waals surface area contributed by atoms with Crippen molar-refractivity contribution >= 4 is 35.1 Å². The van der Waals surface area contributed by atoms with Crippen LogP contribution in [0.2, 0.25) is 10.2 Å². The van der Waals surface area contributed by atoms with E-state index in [0.717, 1.165) is 0 Å². The van der Waals surface area contributed by atoms with Crippen molar-refractivity contribution in [3.05, 3.63) is 46.2 Å². The molecule has 0 saturated heterocycles. The number of nitrogens with one attached hydrogen (secondary N) is 1. The van der Waals surface area contributed by atoms with Crippen LogP contribution in [0.4, 0.5) is 5.95 Å². The van der Waals surface area contributed by atoms with Gasteiger partial charge in [-0.15, -0.1) is 0 Å². The largest absolute Gasteiger partial charge is 0.506 e. The number of carbonyl (C=O) groups excluding carboxylic acids is 1. The van der Waals surface area contributed by atoms with Crippen molar-refractivity contribution in [2.75, 3.05) is 5.32 Å². The van der Waals surface area contributed by atoms with Gasteiger partial charge < -0.3 is 5.11 Å². The minimum Gasteiger partial charge on any atom is -0.506 e. The summed E-state index contributed by atoms with van der Waals surface area (Å²) in [5, 5.41) is 12.0. The second-order valence-corrected chi connectivity index (χ2v) is 4.12. The van der Waals surface area contributed by atoms with Crippen molar-refractivity contribution in [2.45, 2.75) is 0 Å². The first-order chi connectivity index (χ1) is 8.56. The van der Waals surface area contributed by atoms with Gasteiger partial charge in [-0.1, -0.05) is 23.2 Å². The van der Waals surface area contributed by atoms with Crippen LogP contribution < -0.4 is 5.32 Å². The van der Waals surface area contributed by atoms with Crippen LogP contribution in [0, 0.1) is 0 Å². The SMILES string of the molecule is O=C(Nc1nccc(Cl)n1)c1ccc(O)c(Cl)c1. The number of carbonyl (C=O) groups is 1. The van der Waals surface area contributed by atoms with Gasteiger partial charge in [0.2, 0.25) is 5.95 Å². The highest BCUT2D eigenvalue weighted by molar-refractivity contribution is 6.32. The van der Waals surface area contributed by atoms with Crippen LogP contribution in [-0.4, -0.2) is 21.0 Å². The number of aromatic nitrogens is 2. The molecule has 0 aliphatic heterocycles. The number of halogens is 2. The Morgan fingerprint density at radius 1 is 1.28 bits per heavy atom. The molecule has 18 heavy (non-hydrogen) atoms. The molecule has 0 unspecified atom stereocenters. The topological polar surface area (TPSA) is 75.1 Å². The smallest absolute Gasteiger partial charge is 0.258 e. The predicted octanol–water partition coefficient (Wildman–Crippen LogP) is 2.74. The summed E-state index contributed by atoms with van der Waals surface area (Å²) in [6, 6.07) is 5.60. The molecule has 1 aromatic carbocycles. The number of phenolic OH excluding ortho intramolecular Hbond substituents is 1. The second kappa shape index (κ2) is 5.20. The maximum absolute atomic E-state index is 11.8. The number of amides is 1. The first-order valence-corrected chi connectivity index (χ1v) is 5.60. The lowest BCUT2D eigenvalue weighted by molar-refractivity contribution is 0.102. The second-order valence-electron chi connectivity index (χ2n) is 3.32. The number of rotatable bonds is 2. The molecule has 7 heteroatoms. The fraction of sp³-hybridized carbons (Fsp3) is 0. The van der Waals surface area contributed by atoms with Crippen LogP contribution in [0.15, 0.2) is 30.5 Å². The number of hydrogen-bond acceptors (Lipinski definition) is 4. The van der Waals surface area contributed by atoms with E-state index >= 15 is 0 Å². The van der Waals surface area contributed by atoms with Gasteiger partial charge in [-0.05, 0) is 24.3 Å². The average Bonchev–Trinajstić information content (AvgIpc) is 2.32. The summed E-state index contributed by atoms with van der Waals surface area (Å²) in [6.45, 7) is 0. The van der Waals surface area contributed by atoms with E-state index in [4.69, 9.17) is 23.2 Å². The Labute approximate surface area is 112 Å². The lowest BCUT2D eigenvalue weighted by Gasteiger charge is -2.04. The molecule has 1 heterocycles. The van der Waals surface area contributed by atoms with E-state index in [1.54, 1.807) is 0 Å². The number of aromatic hydroxyl groups is 1. The van der Waals surface area contributed by atoms with Crippen molar-refractivity contribution in [1.82, 2.24) is 9.97 Å². The van der Waals surface area contributed by atoms with Crippen LogP contribution >= 0.6 is 23.2 Å². The molecule has 2 N–H and O–H groups in total. The van der Waals surface area contributed by atoms with Crippen LogP contribution in [0.1, 0.15) is 10.4 Å². The molecule has 0 aliphatic rings. The maximum Gasteiger partial charge on any atom is 0.258 e. The molecule has 0 radical (unpaired) electrons. The van der Waals surface area contributed by atoms with Gasteiger partial charge in [0, 0.05) is 11.8 Å². The fourth-order valence-electron chi connectivity index (χ4n) is 1.22. The molecular formula is C11H7Cl2N3O2. The van der Waals surface area contributed by atoms with Crippen molar-refractivity contribution in [1.29, 1.82) is 0 Å². The summed E-state index contributed by atoms with van der Waals surface area (Å²) in [7, 11) is 0. The molecule has 1 amide bonds. The van der Waals surface area contributed by atoms with Crippen LogP contribution in [0.3, 0.4) is 0 Å². The van der Waals surface area contributed by atoms with Gasteiger partial charge in [-0.3, -0.25) is 10.1 Å². The van der Waals surface area contributed by atoms with Crippen molar-refractivity contribution < 1.29 is 9.90 Å². The third-order valence-corrected chi connectivity index (χ3v) is 2.57. The quantitative estimate of drug-likeness (QED) is 0.831. The average molecular weight is 284 g/mol. The normalized spacial score (nSPS) is 10.1. The zero-order valence-electron chi connectivity index (χ0n) is 8.89. The molecule has 2 rings (SSSR count). The summed E-state index contributed by atoms with van der Waals surface area (Å²) in [6.07, 6.45) is 1.43. The molecule has 0 fully saturated rings. The zero-order chi connectivity index (χ0) is 13.1. The summed E-state index contributed by atoms with van der Waals surface area (Å²) in [5.41, 5.74) is 0.279. The van der Waals surface area contributed by atoms with Gasteiger partial charge in [0.15, 0.2) is 0 Å². The fourth-order valence-corrected chi connectivity index (χ4v) is 1.54. The van der Waals surface area contributed by atoms with E-state index in [-0.39, 0.29) is 27.4 Å². The first-order valence-electron chi connectivity index (χ1n) is 4.84. The molecular weight excluding hydrogens is 277 g/mol. The third-order valence-electron chi connectivity index (χ3n) is 2.06. The van der Waals surface area contributed by atoms with Gasteiger partial charge in [0.05, 0.1) is 5.02 Å². The van der Waals surface area contributed by atoms with E-state index in [1.165, 1.54) is 30.5 Å². The van der Waals surface area contributed by atoms with Gasteiger partial charge in [0.1, 0.15) is 10.9 Å². The van der Waals surface area contributed by atoms with Crippen molar-refractivity contribution in [2.24, 2.45) is 0 Å². The van der Waals surface area contributed by atoms with Gasteiger partial charge in [-0.2, -0.15) is 0 Å². The highest BCUT2D eigenvalue weighted by atomic mass is 35.5. The highest BCUT2D eigenvalue weighted by Crippen LogP contribution is 2.23. The monoisotopic (exact) mass is 283 g/mol. The molecule has 1 aromatic heterocycles. The van der Waals surface area contributed by atoms with E-state index in [1.807, 2.05) is 0 Å². The molecule has 2 aromatic rings. The summed E-state index contributed by atoms with van der Waals surface area (Å²) < 4.78 is 0. The van der Waals surface area contributed by atoms with Gasteiger partial charge in [0.25, 0.3) is 5.91 Å². The number of phenols is 1. The van der Waals surface area contributed by atoms with Crippen LogP contribution in [0.5, 0.6) is 5.75 Å². The molecule has 0 aliphatic carbocycles. The zero-order valence-corrected chi connectivity index (χ0v) is 10.4. The number of hydrogen-bond donors (Lipinski definition) is 2. The molecule has 92 valence electrons. The molecule has 5 nitrogen and oxygen atoms in total. The molecule has 0 bridgehead atoms. The highest BCUT2D eigenvalue weighted by Gasteiger charge is 2.10. The Kier molecular flexibility index (Phi) is 3.64. The third kappa shape index (κ3) is 2.88. The number of benzene rings is 1. The Morgan fingerprint density at radius 2 is 2.06 bits per heavy atom. The minimum absolute atomic E-state index is 0.0905. The van der Waals surface area contributed by atoms with E-state index in [9.17, 15) is 9.90 Å². The summed E-state index contributed by atoms with van der Waals surface area (Å²) in [5.74, 6) is -0.442. The lowest BCUT2D eigenvalue weighted by Crippen LogP contribution is -2.14. The number of anilines is 1. The first kappa shape index (κ1) is 12.6. The molecule has 0 spiro atoms. The Hall–Kier alpha value is -1.85. The standard InChI is InChI=1S/C11H7Cl2N3O2/c12-7-5-6(1-2-8(7)17)10(18)16-11-14-4-3-9(13)15-11/h1-5,17H,(H,14,15,16,18). The van der Waals surface area contributed by atoms with Crippen LogP contribution in [-0.2, 0) is 0 Å². The molecule has 0 saturated carbocycles. The predicted molar refractivity (Wildman–Crippen MR) is 68.1 cm³/mol. The Bertz CT molecular complexity index is 605. The van der Waals surface area contributed by atoms with E-state index in [2.05, 4.69) is 15.3 Å². The Balaban J connectivity index is 2.19. The lowest BCUT2D eigenvalue weighted by atomic mass is 10.2.